The third-order valence-corrected chi connectivity index (χ3v) is 3.10. The van der Waals surface area contributed by atoms with Crippen molar-refractivity contribution in [1.29, 1.82) is 0 Å². The van der Waals surface area contributed by atoms with E-state index in [0.29, 0.717) is 5.92 Å². The first-order valence-corrected chi connectivity index (χ1v) is 6.37. The highest BCUT2D eigenvalue weighted by molar-refractivity contribution is 7.13. The Balaban J connectivity index is 2.05. The Labute approximate surface area is 100 Å². The molecule has 2 aromatic rings. The first-order valence-electron chi connectivity index (χ1n) is 5.49. The molecule has 1 aromatic carbocycles. The van der Waals surface area contributed by atoms with E-state index in [1.54, 1.807) is 11.3 Å². The Kier molecular flexibility index (Phi) is 3.57. The third-order valence-electron chi connectivity index (χ3n) is 2.28. The Morgan fingerprint density at radius 2 is 2.00 bits per heavy atom. The third kappa shape index (κ3) is 2.83. The van der Waals surface area contributed by atoms with Crippen molar-refractivity contribution >= 4 is 17.0 Å². The molecule has 0 spiro atoms. The van der Waals surface area contributed by atoms with Gasteiger partial charge in [-0.05, 0) is 30.2 Å². The minimum absolute atomic E-state index is 0.665. The lowest BCUT2D eigenvalue weighted by Crippen LogP contribution is -2.07. The normalized spacial score (nSPS) is 10.7. The van der Waals surface area contributed by atoms with Crippen LogP contribution in [0.5, 0.6) is 0 Å². The zero-order chi connectivity index (χ0) is 11.4. The van der Waals surface area contributed by atoms with Crippen molar-refractivity contribution < 1.29 is 0 Å². The van der Waals surface area contributed by atoms with Crippen LogP contribution in [-0.4, -0.2) is 11.5 Å². The Morgan fingerprint density at radius 3 is 2.56 bits per heavy atom. The van der Waals surface area contributed by atoms with Crippen molar-refractivity contribution in [2.75, 3.05) is 11.9 Å². The maximum absolute atomic E-state index is 4.29. The van der Waals surface area contributed by atoms with Crippen LogP contribution in [0.4, 0.5) is 5.69 Å². The molecule has 0 aliphatic carbocycles. The molecule has 0 radical (unpaired) electrons. The largest absolute Gasteiger partial charge is 0.385 e. The number of thiazole rings is 1. The van der Waals surface area contributed by atoms with Crippen LogP contribution in [0.25, 0.3) is 10.6 Å². The highest BCUT2D eigenvalue weighted by Gasteiger charge is 2.00. The van der Waals surface area contributed by atoms with Gasteiger partial charge in [-0.1, -0.05) is 13.8 Å². The van der Waals surface area contributed by atoms with Gasteiger partial charge in [0, 0.05) is 29.4 Å². The van der Waals surface area contributed by atoms with E-state index in [9.17, 15) is 0 Å². The van der Waals surface area contributed by atoms with Gasteiger partial charge >= 0.3 is 0 Å². The topological polar surface area (TPSA) is 24.9 Å². The molecular weight excluding hydrogens is 216 g/mol. The van der Waals surface area contributed by atoms with E-state index in [-0.39, 0.29) is 0 Å². The van der Waals surface area contributed by atoms with Crippen LogP contribution in [0.3, 0.4) is 0 Å². The standard InChI is InChI=1S/C13H16N2S/c1-10(2)9-15-12-5-3-11(4-6-12)13-14-7-8-16-13/h3-8,10,15H,9H2,1-2H3. The van der Waals surface area contributed by atoms with Crippen molar-refractivity contribution in [2.24, 2.45) is 5.92 Å². The predicted molar refractivity (Wildman–Crippen MR) is 70.9 cm³/mol. The van der Waals surface area contributed by atoms with Gasteiger partial charge in [0.2, 0.25) is 0 Å². The maximum Gasteiger partial charge on any atom is 0.123 e. The van der Waals surface area contributed by atoms with Crippen LogP contribution in [0.2, 0.25) is 0 Å². The van der Waals surface area contributed by atoms with Crippen molar-refractivity contribution in [2.45, 2.75) is 13.8 Å². The molecule has 2 nitrogen and oxygen atoms in total. The molecule has 0 amide bonds. The lowest BCUT2D eigenvalue weighted by Gasteiger charge is -2.08. The van der Waals surface area contributed by atoms with Crippen molar-refractivity contribution in [3.8, 4) is 10.6 Å². The fourth-order valence-electron chi connectivity index (χ4n) is 1.42. The summed E-state index contributed by atoms with van der Waals surface area (Å²) in [4.78, 5) is 4.29. The number of anilines is 1. The van der Waals surface area contributed by atoms with Crippen LogP contribution in [0.15, 0.2) is 35.8 Å². The molecule has 0 unspecified atom stereocenters. The number of aromatic nitrogens is 1. The molecule has 1 aromatic heterocycles. The summed E-state index contributed by atoms with van der Waals surface area (Å²) in [5.41, 5.74) is 2.36. The molecule has 0 saturated heterocycles. The number of benzene rings is 1. The van der Waals surface area contributed by atoms with Gasteiger partial charge in [0.15, 0.2) is 0 Å². The monoisotopic (exact) mass is 232 g/mol. The van der Waals surface area contributed by atoms with Gasteiger partial charge in [0.1, 0.15) is 5.01 Å². The molecule has 1 heterocycles. The first-order chi connectivity index (χ1) is 7.75. The smallest absolute Gasteiger partial charge is 0.123 e. The zero-order valence-corrected chi connectivity index (χ0v) is 10.4. The molecule has 1 N–H and O–H groups in total. The number of hydrogen-bond donors (Lipinski definition) is 1. The van der Waals surface area contributed by atoms with Crippen LogP contribution in [0.1, 0.15) is 13.8 Å². The number of nitrogens with one attached hydrogen (secondary N) is 1. The SMILES string of the molecule is CC(C)CNc1ccc(-c2nccs2)cc1. The summed E-state index contributed by atoms with van der Waals surface area (Å²) < 4.78 is 0. The molecule has 0 aliphatic heterocycles. The second kappa shape index (κ2) is 5.12. The second-order valence-corrected chi connectivity index (χ2v) is 5.08. The Morgan fingerprint density at radius 1 is 1.25 bits per heavy atom. The van der Waals surface area contributed by atoms with Crippen LogP contribution < -0.4 is 5.32 Å². The van der Waals surface area contributed by atoms with Crippen LogP contribution in [-0.2, 0) is 0 Å². The molecular formula is C13H16N2S. The van der Waals surface area contributed by atoms with E-state index in [4.69, 9.17) is 0 Å². The van der Waals surface area contributed by atoms with E-state index in [2.05, 4.69) is 48.4 Å². The van der Waals surface area contributed by atoms with Crippen molar-refractivity contribution in [1.82, 2.24) is 4.98 Å². The van der Waals surface area contributed by atoms with Gasteiger partial charge in [0.05, 0.1) is 0 Å². The fraction of sp³-hybridized carbons (Fsp3) is 0.308. The van der Waals surface area contributed by atoms with E-state index in [0.717, 1.165) is 11.6 Å². The van der Waals surface area contributed by atoms with Gasteiger partial charge in [-0.15, -0.1) is 11.3 Å². The maximum atomic E-state index is 4.29. The molecule has 0 fully saturated rings. The quantitative estimate of drug-likeness (QED) is 0.865. The summed E-state index contributed by atoms with van der Waals surface area (Å²) >= 11 is 1.67. The molecule has 2 rings (SSSR count). The number of hydrogen-bond acceptors (Lipinski definition) is 3. The molecule has 0 aliphatic rings. The molecule has 84 valence electrons. The number of rotatable bonds is 4. The molecule has 0 bridgehead atoms. The summed E-state index contributed by atoms with van der Waals surface area (Å²) in [6.07, 6.45) is 1.84. The summed E-state index contributed by atoms with van der Waals surface area (Å²) in [7, 11) is 0. The van der Waals surface area contributed by atoms with Crippen molar-refractivity contribution in [3.05, 3.63) is 35.8 Å². The van der Waals surface area contributed by atoms with Gasteiger partial charge in [-0.3, -0.25) is 0 Å². The summed E-state index contributed by atoms with van der Waals surface area (Å²) in [6.45, 7) is 5.42. The summed E-state index contributed by atoms with van der Waals surface area (Å²) in [5, 5.41) is 6.48. The van der Waals surface area contributed by atoms with E-state index in [1.165, 1.54) is 11.3 Å². The minimum Gasteiger partial charge on any atom is -0.385 e. The molecule has 3 heteroatoms. The molecule has 0 saturated carbocycles. The van der Waals surface area contributed by atoms with E-state index < -0.39 is 0 Å². The summed E-state index contributed by atoms with van der Waals surface area (Å²) in [5.74, 6) is 0.665. The Bertz CT molecular complexity index is 418. The van der Waals surface area contributed by atoms with E-state index in [1.807, 2.05) is 11.6 Å². The second-order valence-electron chi connectivity index (χ2n) is 4.19. The predicted octanol–water partition coefficient (Wildman–Crippen LogP) is 3.88. The van der Waals surface area contributed by atoms with Crippen LogP contribution in [0, 0.1) is 5.92 Å². The van der Waals surface area contributed by atoms with Crippen LogP contribution >= 0.6 is 11.3 Å². The first kappa shape index (κ1) is 11.1. The molecule has 0 atom stereocenters. The Hall–Kier alpha value is -1.35. The average molecular weight is 232 g/mol. The number of nitrogens with zero attached hydrogens (tertiary/aromatic N) is 1. The average Bonchev–Trinajstić information content (AvgIpc) is 2.80. The van der Waals surface area contributed by atoms with Gasteiger partial charge in [-0.2, -0.15) is 0 Å². The van der Waals surface area contributed by atoms with Gasteiger partial charge in [0.25, 0.3) is 0 Å². The van der Waals surface area contributed by atoms with Gasteiger partial charge in [-0.25, -0.2) is 4.98 Å². The fourth-order valence-corrected chi connectivity index (χ4v) is 2.06. The minimum atomic E-state index is 0.665. The van der Waals surface area contributed by atoms with E-state index >= 15 is 0 Å². The lowest BCUT2D eigenvalue weighted by molar-refractivity contribution is 0.689. The highest BCUT2D eigenvalue weighted by Crippen LogP contribution is 2.23. The lowest BCUT2D eigenvalue weighted by atomic mass is 10.2. The molecule has 16 heavy (non-hydrogen) atoms. The van der Waals surface area contributed by atoms with Gasteiger partial charge < -0.3 is 5.32 Å². The van der Waals surface area contributed by atoms with Crippen molar-refractivity contribution in [3.63, 3.8) is 0 Å². The highest BCUT2D eigenvalue weighted by atomic mass is 32.1. The zero-order valence-electron chi connectivity index (χ0n) is 9.60. The summed E-state index contributed by atoms with van der Waals surface area (Å²) in [6, 6.07) is 8.45.